The van der Waals surface area contributed by atoms with Crippen LogP contribution in [0.4, 0.5) is 0 Å². The average molecular weight is 772 g/mol. The van der Waals surface area contributed by atoms with E-state index < -0.39 is 26.4 Å². The van der Waals surface area contributed by atoms with Crippen molar-refractivity contribution in [1.29, 1.82) is 0 Å². The summed E-state index contributed by atoms with van der Waals surface area (Å²) in [6.07, 6.45) is 8.17. The number of rotatable bonds is 33. The van der Waals surface area contributed by atoms with Crippen LogP contribution in [0.5, 0.6) is 0 Å². The molecule has 1 aromatic rings. The molecule has 0 aromatic heterocycles. The minimum absolute atomic E-state index is 0.566. The first-order valence-electron chi connectivity index (χ1n) is 19.2. The molecule has 1 aromatic carbocycles. The standard InChI is InChI=1S/C36H69N3O9Si3/c1-10-40-49(41-11-2,42-12-3)25-19-22-37-31-34-28-35(32-38-23-20-26-50(43-13-4,44-14-5)45-15-6)30-36(29-34)33-39-24-21-27-51(46-16-7,47-17-8)48-18-9/h28-33H,10-27H2,1-9H3/b37-31+,38-32+,39-33+. The van der Waals surface area contributed by atoms with Gasteiger partial charge in [0.15, 0.2) is 0 Å². The molecule has 15 heteroatoms. The summed E-state index contributed by atoms with van der Waals surface area (Å²) in [6, 6.07) is 8.46. The van der Waals surface area contributed by atoms with Gasteiger partial charge in [-0.3, -0.25) is 15.0 Å². The lowest BCUT2D eigenvalue weighted by Gasteiger charge is -2.28. The molecule has 0 atom stereocenters. The Morgan fingerprint density at radius 2 is 0.569 bits per heavy atom. The largest absolute Gasteiger partial charge is 0.500 e. The van der Waals surface area contributed by atoms with Gasteiger partial charge in [-0.1, -0.05) is 0 Å². The fourth-order valence-corrected chi connectivity index (χ4v) is 13.4. The summed E-state index contributed by atoms with van der Waals surface area (Å²) in [5.41, 5.74) is 2.94. The molecule has 294 valence electrons. The Bertz CT molecular complexity index is 918. The molecule has 1 rings (SSSR count). The molecule has 12 nitrogen and oxygen atoms in total. The van der Waals surface area contributed by atoms with Crippen molar-refractivity contribution in [1.82, 2.24) is 0 Å². The van der Waals surface area contributed by atoms with Gasteiger partial charge in [-0.2, -0.15) is 0 Å². The molecule has 0 N–H and O–H groups in total. The monoisotopic (exact) mass is 771 g/mol. The van der Waals surface area contributed by atoms with Gasteiger partial charge in [-0.05, 0) is 116 Å². The summed E-state index contributed by atoms with van der Waals surface area (Å²) >= 11 is 0. The van der Waals surface area contributed by atoms with E-state index >= 15 is 0 Å². The first-order valence-corrected chi connectivity index (χ1v) is 25.0. The van der Waals surface area contributed by atoms with Crippen LogP contribution < -0.4 is 0 Å². The first-order chi connectivity index (χ1) is 24.8. The second-order valence-corrected chi connectivity index (χ2v) is 19.5. The summed E-state index contributed by atoms with van der Waals surface area (Å²) in [5.74, 6) is 0. The van der Waals surface area contributed by atoms with Gasteiger partial charge in [0.25, 0.3) is 0 Å². The van der Waals surface area contributed by atoms with E-state index in [-0.39, 0.29) is 0 Å². The highest BCUT2D eigenvalue weighted by molar-refractivity contribution is 6.61. The number of nitrogens with zero attached hydrogens (tertiary/aromatic N) is 3. The molecule has 51 heavy (non-hydrogen) atoms. The van der Waals surface area contributed by atoms with Crippen LogP contribution >= 0.6 is 0 Å². The highest BCUT2D eigenvalue weighted by Crippen LogP contribution is 2.20. The Morgan fingerprint density at radius 1 is 0.373 bits per heavy atom. The molecule has 0 aliphatic heterocycles. The van der Waals surface area contributed by atoms with Crippen molar-refractivity contribution < 1.29 is 39.8 Å². The predicted molar refractivity (Wildman–Crippen MR) is 214 cm³/mol. The highest BCUT2D eigenvalue weighted by Gasteiger charge is 2.41. The van der Waals surface area contributed by atoms with Gasteiger partial charge in [0.05, 0.1) is 0 Å². The molecule has 0 radical (unpaired) electrons. The van der Waals surface area contributed by atoms with Crippen LogP contribution in [0, 0.1) is 0 Å². The summed E-state index contributed by atoms with van der Waals surface area (Å²) in [4.78, 5) is 14.3. The van der Waals surface area contributed by atoms with Crippen LogP contribution in [0.25, 0.3) is 0 Å². The topological polar surface area (TPSA) is 120 Å². The zero-order chi connectivity index (χ0) is 37.7. The molecule has 0 fully saturated rings. The van der Waals surface area contributed by atoms with Crippen molar-refractivity contribution in [3.8, 4) is 0 Å². The lowest BCUT2D eigenvalue weighted by atomic mass is 10.1. The van der Waals surface area contributed by atoms with E-state index in [0.717, 1.165) is 54.1 Å². The fourth-order valence-electron chi connectivity index (χ4n) is 5.60. The Hall–Kier alpha value is -1.48. The maximum Gasteiger partial charge on any atom is 0.500 e. The Morgan fingerprint density at radius 3 is 0.745 bits per heavy atom. The number of hydrogen-bond acceptors (Lipinski definition) is 12. The molecule has 0 bridgehead atoms. The van der Waals surface area contributed by atoms with Gasteiger partial charge in [0, 0.05) is 116 Å². The lowest BCUT2D eigenvalue weighted by Crippen LogP contribution is -2.46. The highest BCUT2D eigenvalue weighted by atomic mass is 28.4. The Kier molecular flexibility index (Phi) is 27.0. The zero-order valence-corrected chi connectivity index (χ0v) is 36.2. The zero-order valence-electron chi connectivity index (χ0n) is 33.2. The molecular formula is C36H69N3O9Si3. The van der Waals surface area contributed by atoms with Crippen molar-refractivity contribution in [3.05, 3.63) is 34.9 Å². The van der Waals surface area contributed by atoms with Crippen molar-refractivity contribution in [3.63, 3.8) is 0 Å². The molecule has 0 unspecified atom stereocenters. The SMILES string of the molecule is CCO[Si](CCC/N=C/c1cc(/C=N/CCC[Si](OCC)(OCC)OCC)cc(/C=N/CCC[Si](OCC)(OCC)OCC)c1)(OCC)OCC. The minimum atomic E-state index is -2.69. The van der Waals surface area contributed by atoms with Crippen LogP contribution in [-0.2, 0) is 39.8 Å². The Labute approximate surface area is 312 Å². The molecule has 0 saturated carbocycles. The molecule has 0 heterocycles. The first kappa shape index (κ1) is 47.5. The minimum Gasteiger partial charge on any atom is -0.374 e. The third kappa shape index (κ3) is 19.4. The number of hydrogen-bond donors (Lipinski definition) is 0. The van der Waals surface area contributed by atoms with Gasteiger partial charge in [0.1, 0.15) is 0 Å². The molecular weight excluding hydrogens is 703 g/mol. The van der Waals surface area contributed by atoms with E-state index in [9.17, 15) is 0 Å². The van der Waals surface area contributed by atoms with Crippen LogP contribution in [0.15, 0.2) is 33.2 Å². The molecule has 0 spiro atoms. The third-order valence-electron chi connectivity index (χ3n) is 7.31. The van der Waals surface area contributed by atoms with E-state index in [1.54, 1.807) is 0 Å². The normalized spacial score (nSPS) is 13.1. The summed E-state index contributed by atoms with van der Waals surface area (Å²) in [7, 11) is -8.07. The smallest absolute Gasteiger partial charge is 0.374 e. The van der Waals surface area contributed by atoms with E-state index in [1.807, 2.05) is 81.0 Å². The molecule has 0 amide bonds. The van der Waals surface area contributed by atoms with Gasteiger partial charge in [-0.15, -0.1) is 0 Å². The van der Waals surface area contributed by atoms with Crippen LogP contribution in [0.3, 0.4) is 0 Å². The maximum absolute atomic E-state index is 6.00. The maximum atomic E-state index is 6.00. The van der Waals surface area contributed by atoms with E-state index in [0.29, 0.717) is 79.1 Å². The van der Waals surface area contributed by atoms with Gasteiger partial charge in [0.2, 0.25) is 0 Å². The second kappa shape index (κ2) is 29.0. The Balaban J connectivity index is 3.10. The summed E-state index contributed by atoms with van der Waals surface area (Å²) in [6.45, 7) is 24.8. The molecule has 0 aliphatic carbocycles. The summed E-state index contributed by atoms with van der Waals surface area (Å²) < 4.78 is 54.0. The van der Waals surface area contributed by atoms with Crippen LogP contribution in [0.2, 0.25) is 18.1 Å². The van der Waals surface area contributed by atoms with Crippen LogP contribution in [-0.4, -0.2) is 124 Å². The number of benzene rings is 1. The van der Waals surface area contributed by atoms with Crippen molar-refractivity contribution in [2.24, 2.45) is 15.0 Å². The van der Waals surface area contributed by atoms with Crippen molar-refractivity contribution in [2.75, 3.05) is 79.1 Å². The lowest BCUT2D eigenvalue weighted by molar-refractivity contribution is 0.0702. The average Bonchev–Trinajstić information content (AvgIpc) is 3.09. The number of aliphatic imine (C=N–C) groups is 3. The van der Waals surface area contributed by atoms with Gasteiger partial charge in [-0.25, -0.2) is 0 Å². The van der Waals surface area contributed by atoms with Crippen molar-refractivity contribution >= 4 is 45.1 Å². The third-order valence-corrected chi connectivity index (χ3v) is 16.8. The van der Waals surface area contributed by atoms with Crippen molar-refractivity contribution in [2.45, 2.75) is 99.7 Å². The van der Waals surface area contributed by atoms with E-state index in [1.165, 1.54) is 0 Å². The summed E-state index contributed by atoms with van der Waals surface area (Å²) in [5, 5.41) is 0. The second-order valence-electron chi connectivity index (χ2n) is 11.3. The van der Waals surface area contributed by atoms with E-state index in [4.69, 9.17) is 54.8 Å². The fraction of sp³-hybridized carbons (Fsp3) is 0.750. The quantitative estimate of drug-likeness (QED) is 0.0413. The van der Waals surface area contributed by atoms with Gasteiger partial charge >= 0.3 is 26.4 Å². The van der Waals surface area contributed by atoms with Gasteiger partial charge < -0.3 is 39.8 Å². The predicted octanol–water partition coefficient (Wildman–Crippen LogP) is 7.26. The van der Waals surface area contributed by atoms with Crippen LogP contribution in [0.1, 0.15) is 98.3 Å². The molecule has 0 saturated heterocycles. The van der Waals surface area contributed by atoms with E-state index in [2.05, 4.69) is 18.2 Å². The molecule has 0 aliphatic rings.